The van der Waals surface area contributed by atoms with Crippen LogP contribution in [0.3, 0.4) is 0 Å². The van der Waals surface area contributed by atoms with E-state index in [0.717, 1.165) is 31.2 Å². The van der Waals surface area contributed by atoms with Crippen LogP contribution in [-0.2, 0) is 25.4 Å². The van der Waals surface area contributed by atoms with Gasteiger partial charge in [0.2, 0.25) is 0 Å². The second-order valence-corrected chi connectivity index (χ2v) is 13.3. The van der Waals surface area contributed by atoms with E-state index in [2.05, 4.69) is 41.0 Å². The van der Waals surface area contributed by atoms with Crippen LogP contribution in [0.25, 0.3) is 0 Å². The van der Waals surface area contributed by atoms with Gasteiger partial charge in [0, 0.05) is 56.6 Å². The van der Waals surface area contributed by atoms with Gasteiger partial charge in [0.1, 0.15) is 34.1 Å². The molecule has 0 bridgehead atoms. The molecular formula is C30H48N6O6S2. The van der Waals surface area contributed by atoms with Crippen molar-refractivity contribution < 1.29 is 18.9 Å². The van der Waals surface area contributed by atoms with Gasteiger partial charge in [0.15, 0.2) is 0 Å². The Morgan fingerprint density at radius 2 is 1.82 bits per heavy atom. The van der Waals surface area contributed by atoms with E-state index in [-0.39, 0.29) is 27.6 Å². The first-order valence-electron chi connectivity index (χ1n) is 15.9. The van der Waals surface area contributed by atoms with Gasteiger partial charge in [-0.1, -0.05) is 27.2 Å². The molecule has 2 aromatic heterocycles. The monoisotopic (exact) mass is 652 g/mol. The normalized spacial score (nSPS) is 21.6. The van der Waals surface area contributed by atoms with E-state index < -0.39 is 6.23 Å². The summed E-state index contributed by atoms with van der Waals surface area (Å²) in [6.45, 7) is 13.2. The Kier molecular flexibility index (Phi) is 14.3. The van der Waals surface area contributed by atoms with Crippen molar-refractivity contribution in [3.05, 3.63) is 45.0 Å². The van der Waals surface area contributed by atoms with E-state index in [0.29, 0.717) is 76.5 Å². The number of rotatable bonds is 19. The van der Waals surface area contributed by atoms with Gasteiger partial charge in [-0.15, -0.1) is 23.5 Å². The van der Waals surface area contributed by atoms with Crippen LogP contribution in [-0.4, -0.2) is 88.4 Å². The molecule has 0 aromatic carbocycles. The molecule has 2 aliphatic rings. The number of hydrogen-bond acceptors (Lipinski definition) is 12. The minimum absolute atomic E-state index is 0.0871. The van der Waals surface area contributed by atoms with Gasteiger partial charge in [-0.25, -0.2) is 9.59 Å². The minimum atomic E-state index is -0.398. The molecule has 4 rings (SSSR count). The van der Waals surface area contributed by atoms with Crippen molar-refractivity contribution in [2.24, 2.45) is 0 Å². The van der Waals surface area contributed by atoms with E-state index in [1.54, 1.807) is 38.9 Å². The van der Waals surface area contributed by atoms with E-state index in [1.807, 2.05) is 19.2 Å². The SMILES string of the molecule is CCCCOC[C@H]1O[C@@H](n2cc(CCN(CC)c3ccn(C4CO[C@H](COCCC)S4)c(=O)n3)c(NCCC)nc2=O)CS1. The molecule has 2 aliphatic heterocycles. The van der Waals surface area contributed by atoms with Crippen molar-refractivity contribution in [1.82, 2.24) is 19.1 Å². The van der Waals surface area contributed by atoms with Crippen LogP contribution in [0.15, 0.2) is 28.0 Å². The summed E-state index contributed by atoms with van der Waals surface area (Å²) in [5.74, 6) is 1.86. The Balaban J connectivity index is 1.42. The largest absolute Gasteiger partial charge is 0.378 e. The highest BCUT2D eigenvalue weighted by molar-refractivity contribution is 8.00. The molecule has 1 unspecified atom stereocenters. The molecule has 0 aliphatic carbocycles. The van der Waals surface area contributed by atoms with Crippen molar-refractivity contribution in [3.63, 3.8) is 0 Å². The zero-order valence-electron chi connectivity index (χ0n) is 26.4. The van der Waals surface area contributed by atoms with Crippen LogP contribution in [0.2, 0.25) is 0 Å². The first-order chi connectivity index (χ1) is 21.5. The van der Waals surface area contributed by atoms with Crippen molar-refractivity contribution in [2.75, 3.05) is 68.6 Å². The van der Waals surface area contributed by atoms with Crippen molar-refractivity contribution in [2.45, 2.75) is 82.3 Å². The number of thioether (sulfide) groups is 2. The Labute approximate surface area is 268 Å². The molecular weight excluding hydrogens is 605 g/mol. The summed E-state index contributed by atoms with van der Waals surface area (Å²) in [6, 6.07) is 1.88. The lowest BCUT2D eigenvalue weighted by Crippen LogP contribution is -2.33. The molecule has 246 valence electrons. The summed E-state index contributed by atoms with van der Waals surface area (Å²) in [4.78, 5) is 37.0. The fourth-order valence-electron chi connectivity index (χ4n) is 4.89. The highest BCUT2D eigenvalue weighted by atomic mass is 32.2. The number of nitrogens with one attached hydrogen (secondary N) is 1. The standard InChI is InChI=1S/C30H48N6O6S2/c1-5-9-16-40-20-27-42-24(21-43-27)36-17-22(28(31-12-6-2)33-30(36)38)10-13-34(8-4)23-11-14-35(29(37)32-23)25-18-41-26(44-25)19-39-15-7-3/h11,14,17,24-27H,5-10,12-13,15-16,18-21H2,1-4H3,(H,31,33,38)/t24-,25?,26+,27+/m1/s1. The van der Waals surface area contributed by atoms with E-state index >= 15 is 0 Å². The number of anilines is 2. The summed E-state index contributed by atoms with van der Waals surface area (Å²) in [6.07, 6.45) is 7.85. The van der Waals surface area contributed by atoms with Crippen LogP contribution in [0.1, 0.15) is 70.5 Å². The zero-order valence-corrected chi connectivity index (χ0v) is 28.1. The van der Waals surface area contributed by atoms with Crippen LogP contribution in [0.4, 0.5) is 11.6 Å². The van der Waals surface area contributed by atoms with Crippen LogP contribution in [0, 0.1) is 0 Å². The topological polar surface area (TPSA) is 122 Å². The number of likely N-dealkylation sites (N-methyl/N-ethyl adjacent to an activating group) is 1. The maximum absolute atomic E-state index is 13.1. The lowest BCUT2D eigenvalue weighted by Gasteiger charge is -2.24. The third kappa shape index (κ3) is 9.70. The molecule has 4 heterocycles. The number of ether oxygens (including phenoxy) is 4. The fraction of sp³-hybridized carbons (Fsp3) is 0.733. The second-order valence-electron chi connectivity index (χ2n) is 10.7. The summed E-state index contributed by atoms with van der Waals surface area (Å²) in [5.41, 5.74) is 0.0778. The summed E-state index contributed by atoms with van der Waals surface area (Å²) < 4.78 is 26.6. The summed E-state index contributed by atoms with van der Waals surface area (Å²) in [7, 11) is 0. The van der Waals surface area contributed by atoms with E-state index in [9.17, 15) is 9.59 Å². The molecule has 4 atom stereocenters. The molecule has 0 saturated carbocycles. The Hall–Kier alpha value is -2.10. The van der Waals surface area contributed by atoms with Gasteiger partial charge in [0.25, 0.3) is 0 Å². The van der Waals surface area contributed by atoms with E-state index in [4.69, 9.17) is 18.9 Å². The average Bonchev–Trinajstić information content (AvgIpc) is 3.69. The van der Waals surface area contributed by atoms with Crippen LogP contribution < -0.4 is 21.6 Å². The Bertz CT molecular complexity index is 1280. The molecule has 2 aromatic rings. The second kappa shape index (κ2) is 18.1. The zero-order chi connectivity index (χ0) is 31.3. The van der Waals surface area contributed by atoms with Crippen LogP contribution in [0.5, 0.6) is 0 Å². The van der Waals surface area contributed by atoms with Gasteiger partial charge in [0.05, 0.1) is 19.8 Å². The highest BCUT2D eigenvalue weighted by Gasteiger charge is 2.30. The van der Waals surface area contributed by atoms with Crippen molar-refractivity contribution in [1.29, 1.82) is 0 Å². The third-order valence-electron chi connectivity index (χ3n) is 7.33. The summed E-state index contributed by atoms with van der Waals surface area (Å²) in [5, 5.41) is 3.19. The lowest BCUT2D eigenvalue weighted by atomic mass is 10.2. The number of nitrogens with zero attached hydrogens (tertiary/aromatic N) is 5. The number of hydrogen-bond donors (Lipinski definition) is 1. The molecule has 2 saturated heterocycles. The van der Waals surface area contributed by atoms with Gasteiger partial charge >= 0.3 is 11.4 Å². The molecule has 14 heteroatoms. The quantitative estimate of drug-likeness (QED) is 0.220. The van der Waals surface area contributed by atoms with Crippen LogP contribution >= 0.6 is 23.5 Å². The lowest BCUT2D eigenvalue weighted by molar-refractivity contribution is -0.0251. The first kappa shape index (κ1) is 34.8. The summed E-state index contributed by atoms with van der Waals surface area (Å²) >= 11 is 3.24. The van der Waals surface area contributed by atoms with Gasteiger partial charge in [-0.2, -0.15) is 9.97 Å². The smallest absolute Gasteiger partial charge is 0.351 e. The Morgan fingerprint density at radius 1 is 1.02 bits per heavy atom. The molecule has 0 amide bonds. The predicted octanol–water partition coefficient (Wildman–Crippen LogP) is 4.11. The molecule has 2 fully saturated rings. The van der Waals surface area contributed by atoms with Gasteiger partial charge in [-0.05, 0) is 38.7 Å². The Morgan fingerprint density at radius 3 is 2.57 bits per heavy atom. The molecule has 0 spiro atoms. The predicted molar refractivity (Wildman–Crippen MR) is 177 cm³/mol. The van der Waals surface area contributed by atoms with Crippen molar-refractivity contribution >= 4 is 35.2 Å². The van der Waals surface area contributed by atoms with Crippen molar-refractivity contribution in [3.8, 4) is 0 Å². The molecule has 12 nitrogen and oxygen atoms in total. The molecule has 0 radical (unpaired) electrons. The maximum atomic E-state index is 13.1. The minimum Gasteiger partial charge on any atom is -0.378 e. The van der Waals surface area contributed by atoms with Gasteiger partial charge < -0.3 is 29.2 Å². The molecule has 1 N–H and O–H groups in total. The average molecular weight is 653 g/mol. The van der Waals surface area contributed by atoms with Gasteiger partial charge in [-0.3, -0.25) is 9.13 Å². The maximum Gasteiger partial charge on any atom is 0.351 e. The number of aromatic nitrogens is 4. The number of unbranched alkanes of at least 4 members (excludes halogenated alkanes) is 1. The molecule has 44 heavy (non-hydrogen) atoms. The fourth-order valence-corrected chi connectivity index (χ4v) is 7.04. The third-order valence-corrected chi connectivity index (χ3v) is 9.68. The highest BCUT2D eigenvalue weighted by Crippen LogP contribution is 2.35. The van der Waals surface area contributed by atoms with E-state index in [1.165, 1.54) is 0 Å². The first-order valence-corrected chi connectivity index (χ1v) is 17.9.